The fourth-order valence-electron chi connectivity index (χ4n) is 3.77. The minimum absolute atomic E-state index is 0.0328. The molecule has 3 aromatic carbocycles. The zero-order valence-corrected chi connectivity index (χ0v) is 21.4. The second-order valence-corrected chi connectivity index (χ2v) is 9.43. The number of ether oxygens (including phenoxy) is 1. The van der Waals surface area contributed by atoms with Crippen LogP contribution in [-0.2, 0) is 17.5 Å². The van der Waals surface area contributed by atoms with E-state index in [2.05, 4.69) is 10.6 Å². The van der Waals surface area contributed by atoms with Crippen LogP contribution in [-0.4, -0.2) is 24.5 Å². The van der Waals surface area contributed by atoms with Gasteiger partial charge >= 0.3 is 6.18 Å². The van der Waals surface area contributed by atoms with Crippen molar-refractivity contribution in [2.24, 2.45) is 5.92 Å². The average molecular weight is 564 g/mol. The van der Waals surface area contributed by atoms with Crippen LogP contribution in [0.15, 0.2) is 54.6 Å². The Labute approximate surface area is 225 Å². The van der Waals surface area contributed by atoms with Gasteiger partial charge in [-0.3, -0.25) is 19.3 Å². The molecule has 0 fully saturated rings. The van der Waals surface area contributed by atoms with Gasteiger partial charge in [0.15, 0.2) is 6.73 Å². The van der Waals surface area contributed by atoms with Crippen LogP contribution < -0.4 is 20.3 Å². The molecule has 1 heterocycles. The SMILES string of the molecule is CC(C)C(=O)NCc1ccc(Cl)c(C(=O)Nc2ccc3c(c2)C(=O)N(c2ccc(C(F)(F)F)cc2F)CO3)c1. The van der Waals surface area contributed by atoms with Crippen LogP contribution in [0.4, 0.5) is 28.9 Å². The van der Waals surface area contributed by atoms with E-state index >= 15 is 0 Å². The van der Waals surface area contributed by atoms with Crippen molar-refractivity contribution in [3.63, 3.8) is 0 Å². The van der Waals surface area contributed by atoms with E-state index in [0.29, 0.717) is 17.7 Å². The normalized spacial score (nSPS) is 13.1. The Balaban J connectivity index is 1.53. The zero-order chi connectivity index (χ0) is 28.5. The van der Waals surface area contributed by atoms with Crippen LogP contribution in [0.2, 0.25) is 5.02 Å². The summed E-state index contributed by atoms with van der Waals surface area (Å²) in [7, 11) is 0. The molecule has 0 atom stereocenters. The molecule has 204 valence electrons. The molecule has 0 bridgehead atoms. The van der Waals surface area contributed by atoms with Crippen LogP contribution >= 0.6 is 11.6 Å². The molecule has 0 aromatic heterocycles. The summed E-state index contributed by atoms with van der Waals surface area (Å²) in [5, 5.41) is 5.55. The van der Waals surface area contributed by atoms with E-state index in [-0.39, 0.29) is 51.6 Å². The third-order valence-electron chi connectivity index (χ3n) is 5.89. The Morgan fingerprint density at radius 2 is 1.82 bits per heavy atom. The van der Waals surface area contributed by atoms with Gasteiger partial charge in [0.1, 0.15) is 11.6 Å². The summed E-state index contributed by atoms with van der Waals surface area (Å²) in [5.41, 5.74) is -0.649. The number of rotatable bonds is 6. The maximum Gasteiger partial charge on any atom is 0.416 e. The molecule has 0 saturated heterocycles. The van der Waals surface area contributed by atoms with E-state index < -0.39 is 36.1 Å². The number of alkyl halides is 3. The summed E-state index contributed by atoms with van der Waals surface area (Å²) in [6.45, 7) is 3.28. The molecule has 0 radical (unpaired) electrons. The second-order valence-electron chi connectivity index (χ2n) is 9.02. The molecule has 3 aromatic rings. The van der Waals surface area contributed by atoms with Gasteiger partial charge in [-0.2, -0.15) is 13.2 Å². The van der Waals surface area contributed by atoms with Crippen molar-refractivity contribution in [2.75, 3.05) is 16.9 Å². The number of hydrogen-bond donors (Lipinski definition) is 2. The minimum Gasteiger partial charge on any atom is -0.472 e. The van der Waals surface area contributed by atoms with Gasteiger partial charge in [0, 0.05) is 18.2 Å². The number of fused-ring (bicyclic) bond motifs is 1. The highest BCUT2D eigenvalue weighted by Gasteiger charge is 2.34. The summed E-state index contributed by atoms with van der Waals surface area (Å²) in [5.74, 6) is -2.76. The third-order valence-corrected chi connectivity index (χ3v) is 6.22. The predicted molar refractivity (Wildman–Crippen MR) is 136 cm³/mol. The third kappa shape index (κ3) is 6.14. The van der Waals surface area contributed by atoms with Crippen molar-refractivity contribution in [2.45, 2.75) is 26.6 Å². The van der Waals surface area contributed by atoms with Crippen molar-refractivity contribution in [1.29, 1.82) is 0 Å². The number of anilines is 2. The van der Waals surface area contributed by atoms with Gasteiger partial charge in [0.25, 0.3) is 11.8 Å². The lowest BCUT2D eigenvalue weighted by Crippen LogP contribution is -2.39. The van der Waals surface area contributed by atoms with E-state index in [1.54, 1.807) is 19.9 Å². The van der Waals surface area contributed by atoms with Crippen molar-refractivity contribution < 1.29 is 36.7 Å². The summed E-state index contributed by atoms with van der Waals surface area (Å²) in [4.78, 5) is 38.8. The van der Waals surface area contributed by atoms with E-state index in [1.165, 1.54) is 30.3 Å². The van der Waals surface area contributed by atoms with Gasteiger partial charge in [0.2, 0.25) is 5.91 Å². The number of halogens is 5. The number of carbonyl (C=O) groups excluding carboxylic acids is 3. The lowest BCUT2D eigenvalue weighted by Gasteiger charge is -2.29. The quantitative estimate of drug-likeness (QED) is 0.359. The highest BCUT2D eigenvalue weighted by Crippen LogP contribution is 2.35. The Kier molecular flexibility index (Phi) is 7.82. The van der Waals surface area contributed by atoms with Crippen molar-refractivity contribution in [3.05, 3.63) is 87.7 Å². The van der Waals surface area contributed by atoms with Gasteiger partial charge in [-0.05, 0) is 54.1 Å². The average Bonchev–Trinajstić information content (AvgIpc) is 2.88. The second kappa shape index (κ2) is 10.9. The zero-order valence-electron chi connectivity index (χ0n) is 20.7. The molecule has 0 spiro atoms. The smallest absolute Gasteiger partial charge is 0.416 e. The highest BCUT2D eigenvalue weighted by molar-refractivity contribution is 6.34. The first kappa shape index (κ1) is 27.9. The molecular weight excluding hydrogens is 542 g/mol. The van der Waals surface area contributed by atoms with Gasteiger partial charge in [-0.25, -0.2) is 4.39 Å². The van der Waals surface area contributed by atoms with Crippen LogP contribution in [0.25, 0.3) is 0 Å². The van der Waals surface area contributed by atoms with Gasteiger partial charge < -0.3 is 15.4 Å². The van der Waals surface area contributed by atoms with Crippen molar-refractivity contribution >= 4 is 40.7 Å². The fourth-order valence-corrected chi connectivity index (χ4v) is 3.97. The molecular formula is C27H22ClF4N3O4. The van der Waals surface area contributed by atoms with Crippen LogP contribution in [0, 0.1) is 11.7 Å². The Morgan fingerprint density at radius 1 is 1.08 bits per heavy atom. The van der Waals surface area contributed by atoms with Crippen LogP contribution in [0.1, 0.15) is 45.7 Å². The number of carbonyl (C=O) groups is 3. The first-order valence-electron chi connectivity index (χ1n) is 11.7. The number of amides is 3. The number of benzene rings is 3. The van der Waals surface area contributed by atoms with E-state index in [4.69, 9.17) is 16.3 Å². The lowest BCUT2D eigenvalue weighted by atomic mass is 10.1. The molecule has 39 heavy (non-hydrogen) atoms. The van der Waals surface area contributed by atoms with Crippen LogP contribution in [0.3, 0.4) is 0 Å². The first-order chi connectivity index (χ1) is 18.3. The highest BCUT2D eigenvalue weighted by atomic mass is 35.5. The maximum atomic E-state index is 14.5. The van der Waals surface area contributed by atoms with Crippen molar-refractivity contribution in [1.82, 2.24) is 5.32 Å². The topological polar surface area (TPSA) is 87.7 Å². The fraction of sp³-hybridized carbons (Fsp3) is 0.222. The molecule has 0 aliphatic carbocycles. The largest absolute Gasteiger partial charge is 0.472 e. The summed E-state index contributed by atoms with van der Waals surface area (Å²) in [6.07, 6.45) is -4.74. The number of nitrogens with zero attached hydrogens (tertiary/aromatic N) is 1. The van der Waals surface area contributed by atoms with Gasteiger partial charge in [-0.15, -0.1) is 0 Å². The van der Waals surface area contributed by atoms with Gasteiger partial charge in [-0.1, -0.05) is 31.5 Å². The van der Waals surface area contributed by atoms with Crippen molar-refractivity contribution in [3.8, 4) is 5.75 Å². The molecule has 3 amide bonds. The van der Waals surface area contributed by atoms with Crippen LogP contribution in [0.5, 0.6) is 5.75 Å². The Morgan fingerprint density at radius 3 is 2.49 bits per heavy atom. The predicted octanol–water partition coefficient (Wildman–Crippen LogP) is 6.02. The number of hydrogen-bond acceptors (Lipinski definition) is 4. The molecule has 4 rings (SSSR count). The lowest BCUT2D eigenvalue weighted by molar-refractivity contribution is -0.137. The van der Waals surface area contributed by atoms with E-state index in [0.717, 1.165) is 11.0 Å². The standard InChI is InChI=1S/C27H22ClF4N3O4/c1-14(2)24(36)33-12-15-3-6-20(28)18(9-15)25(37)34-17-5-8-23-19(11-17)26(38)35(13-39-23)22-7-4-16(10-21(22)29)27(30,31)32/h3-11,14H,12-13H2,1-2H3,(H,33,36)(H,34,37). The molecule has 1 aliphatic rings. The molecule has 0 saturated carbocycles. The van der Waals surface area contributed by atoms with E-state index in [9.17, 15) is 31.9 Å². The number of nitrogens with one attached hydrogen (secondary N) is 2. The molecule has 2 N–H and O–H groups in total. The van der Waals surface area contributed by atoms with E-state index in [1.807, 2.05) is 0 Å². The van der Waals surface area contributed by atoms with Gasteiger partial charge in [0.05, 0.1) is 27.4 Å². The minimum atomic E-state index is -4.74. The monoisotopic (exact) mass is 563 g/mol. The summed E-state index contributed by atoms with van der Waals surface area (Å²) in [6, 6.07) is 10.8. The maximum absolute atomic E-state index is 14.5. The Hall–Kier alpha value is -4.12. The summed E-state index contributed by atoms with van der Waals surface area (Å²) >= 11 is 6.22. The Bertz CT molecular complexity index is 1460. The first-order valence-corrected chi connectivity index (χ1v) is 12.1. The molecule has 0 unspecified atom stereocenters. The molecule has 7 nitrogen and oxygen atoms in total. The molecule has 1 aliphatic heterocycles. The summed E-state index contributed by atoms with van der Waals surface area (Å²) < 4.78 is 58.7. The molecule has 12 heteroatoms.